The number of nitrogens with two attached hydrogens (primary N) is 1. The maximum absolute atomic E-state index is 11.7. The van der Waals surface area contributed by atoms with E-state index >= 15 is 0 Å². The molecule has 0 aliphatic carbocycles. The molecule has 0 unspecified atom stereocenters. The van der Waals surface area contributed by atoms with E-state index in [2.05, 4.69) is 16.2 Å². The molecule has 0 spiro atoms. The Labute approximate surface area is 111 Å². The lowest BCUT2D eigenvalue weighted by Crippen LogP contribution is -2.45. The Morgan fingerprint density at radius 3 is 2.47 bits per heavy atom. The van der Waals surface area contributed by atoms with E-state index in [4.69, 9.17) is 10.8 Å². The molecule has 0 saturated carbocycles. The summed E-state index contributed by atoms with van der Waals surface area (Å²) in [5.41, 5.74) is 12.3. The van der Waals surface area contributed by atoms with E-state index in [-0.39, 0.29) is 0 Å². The van der Waals surface area contributed by atoms with E-state index in [1.807, 2.05) is 0 Å². The molecule has 1 aromatic rings. The Hall–Kier alpha value is -1.80. The first-order chi connectivity index (χ1) is 9.08. The number of carbonyl (C=O) groups excluding carboxylic acids is 2. The molecule has 0 fully saturated rings. The largest absolute Gasteiger partial charge is 0.394 e. The third-order valence-electron chi connectivity index (χ3n) is 2.46. The van der Waals surface area contributed by atoms with Crippen LogP contribution in [0.1, 0.15) is 15.9 Å². The van der Waals surface area contributed by atoms with Crippen molar-refractivity contribution in [2.75, 3.05) is 13.7 Å². The molecule has 7 heteroatoms. The van der Waals surface area contributed by atoms with Gasteiger partial charge in [0.25, 0.3) is 5.91 Å². The highest BCUT2D eigenvalue weighted by atomic mass is 16.3. The Bertz CT molecular complexity index is 433. The standard InChI is InChI=1S/C12H18N4O3/c1-14-15-6-8-2-4-9(5-3-8)11(18)16-12(19)10(13)7-17/h2-5,10,14-15,17H,6-7,13H2,1H3,(H,16,18,19)/t10-/m0/s1. The van der Waals surface area contributed by atoms with E-state index < -0.39 is 24.5 Å². The molecule has 0 aliphatic rings. The van der Waals surface area contributed by atoms with Crippen molar-refractivity contribution in [3.63, 3.8) is 0 Å². The summed E-state index contributed by atoms with van der Waals surface area (Å²) >= 11 is 0. The normalized spacial score (nSPS) is 11.9. The molecule has 0 radical (unpaired) electrons. The van der Waals surface area contributed by atoms with Gasteiger partial charge in [0.05, 0.1) is 6.61 Å². The van der Waals surface area contributed by atoms with E-state index in [1.54, 1.807) is 31.3 Å². The van der Waals surface area contributed by atoms with Crippen LogP contribution in [0.25, 0.3) is 0 Å². The SMILES string of the molecule is CNNCc1ccc(C(=O)NC(=O)[C@@H](N)CO)cc1. The van der Waals surface area contributed by atoms with Crippen molar-refractivity contribution in [2.45, 2.75) is 12.6 Å². The Morgan fingerprint density at radius 1 is 1.32 bits per heavy atom. The van der Waals surface area contributed by atoms with Gasteiger partial charge in [-0.25, -0.2) is 0 Å². The highest BCUT2D eigenvalue weighted by molar-refractivity contribution is 6.06. The van der Waals surface area contributed by atoms with Crippen LogP contribution in [-0.2, 0) is 11.3 Å². The lowest BCUT2D eigenvalue weighted by molar-refractivity contribution is -0.122. The van der Waals surface area contributed by atoms with Gasteiger partial charge in [-0.3, -0.25) is 25.8 Å². The molecule has 2 amide bonds. The van der Waals surface area contributed by atoms with E-state index in [0.29, 0.717) is 12.1 Å². The number of amides is 2. The molecule has 1 aromatic carbocycles. The molecule has 0 heterocycles. The van der Waals surface area contributed by atoms with E-state index in [0.717, 1.165) is 5.56 Å². The molecule has 0 bridgehead atoms. The fraction of sp³-hybridized carbons (Fsp3) is 0.333. The zero-order chi connectivity index (χ0) is 14.3. The van der Waals surface area contributed by atoms with Crippen LogP contribution in [0.3, 0.4) is 0 Å². The van der Waals surface area contributed by atoms with Crippen LogP contribution in [0.2, 0.25) is 0 Å². The van der Waals surface area contributed by atoms with E-state index in [9.17, 15) is 9.59 Å². The van der Waals surface area contributed by atoms with Gasteiger partial charge in [0.2, 0.25) is 5.91 Å². The molecule has 1 atom stereocenters. The first kappa shape index (κ1) is 15.3. The minimum absolute atomic E-state index is 0.353. The maximum Gasteiger partial charge on any atom is 0.257 e. The van der Waals surface area contributed by atoms with Gasteiger partial charge in [0.1, 0.15) is 6.04 Å². The molecule has 7 nitrogen and oxygen atoms in total. The minimum atomic E-state index is -1.09. The molecule has 1 rings (SSSR count). The van der Waals surface area contributed by atoms with Crippen molar-refractivity contribution in [1.29, 1.82) is 0 Å². The van der Waals surface area contributed by atoms with Gasteiger partial charge in [0.15, 0.2) is 0 Å². The topological polar surface area (TPSA) is 116 Å². The van der Waals surface area contributed by atoms with Crippen molar-refractivity contribution in [3.05, 3.63) is 35.4 Å². The molecule has 0 aliphatic heterocycles. The minimum Gasteiger partial charge on any atom is -0.394 e. The predicted octanol–water partition coefficient (Wildman–Crippen LogP) is -1.51. The van der Waals surface area contributed by atoms with Gasteiger partial charge < -0.3 is 10.8 Å². The second-order valence-corrected chi connectivity index (χ2v) is 3.91. The van der Waals surface area contributed by atoms with Crippen LogP contribution in [0.5, 0.6) is 0 Å². The third-order valence-corrected chi connectivity index (χ3v) is 2.46. The van der Waals surface area contributed by atoms with Crippen LogP contribution in [-0.4, -0.2) is 36.6 Å². The van der Waals surface area contributed by atoms with Crippen molar-refractivity contribution in [2.24, 2.45) is 5.73 Å². The number of hydrogen-bond donors (Lipinski definition) is 5. The lowest BCUT2D eigenvalue weighted by atomic mass is 10.1. The number of nitrogens with one attached hydrogen (secondary N) is 3. The van der Waals surface area contributed by atoms with Gasteiger partial charge in [-0.05, 0) is 24.7 Å². The molecular weight excluding hydrogens is 248 g/mol. The van der Waals surface area contributed by atoms with Crippen molar-refractivity contribution in [1.82, 2.24) is 16.2 Å². The average molecular weight is 266 g/mol. The first-order valence-electron chi connectivity index (χ1n) is 5.78. The summed E-state index contributed by atoms with van der Waals surface area (Å²) in [7, 11) is 1.76. The predicted molar refractivity (Wildman–Crippen MR) is 69.9 cm³/mol. The number of aliphatic hydroxyl groups excluding tert-OH is 1. The zero-order valence-electron chi connectivity index (χ0n) is 10.6. The fourth-order valence-corrected chi connectivity index (χ4v) is 1.32. The van der Waals surface area contributed by atoms with Gasteiger partial charge in [0, 0.05) is 12.1 Å². The van der Waals surface area contributed by atoms with Crippen LogP contribution in [0.4, 0.5) is 0 Å². The first-order valence-corrected chi connectivity index (χ1v) is 5.78. The summed E-state index contributed by atoms with van der Waals surface area (Å²) in [6, 6.07) is 5.67. The van der Waals surface area contributed by atoms with Crippen molar-refractivity contribution >= 4 is 11.8 Å². The number of benzene rings is 1. The highest BCUT2D eigenvalue weighted by Gasteiger charge is 2.16. The van der Waals surface area contributed by atoms with Crippen LogP contribution >= 0.6 is 0 Å². The molecule has 0 saturated heterocycles. The Kier molecular flexibility index (Phi) is 6.10. The van der Waals surface area contributed by atoms with E-state index in [1.165, 1.54) is 0 Å². The number of aliphatic hydroxyl groups is 1. The van der Waals surface area contributed by atoms with Crippen LogP contribution in [0.15, 0.2) is 24.3 Å². The Morgan fingerprint density at radius 2 is 1.95 bits per heavy atom. The summed E-state index contributed by atoms with van der Waals surface area (Å²) < 4.78 is 0. The van der Waals surface area contributed by atoms with Gasteiger partial charge in [-0.2, -0.15) is 0 Å². The monoisotopic (exact) mass is 266 g/mol. The van der Waals surface area contributed by atoms with Crippen LogP contribution in [0, 0.1) is 0 Å². The van der Waals surface area contributed by atoms with Crippen molar-refractivity contribution < 1.29 is 14.7 Å². The number of hydrazine groups is 1. The average Bonchev–Trinajstić information content (AvgIpc) is 2.44. The van der Waals surface area contributed by atoms with Gasteiger partial charge >= 0.3 is 0 Å². The third kappa shape index (κ3) is 4.76. The number of hydrogen-bond acceptors (Lipinski definition) is 6. The zero-order valence-corrected chi connectivity index (χ0v) is 10.6. The van der Waals surface area contributed by atoms with Gasteiger partial charge in [-0.15, -0.1) is 0 Å². The molecule has 6 N–H and O–H groups in total. The molecule has 19 heavy (non-hydrogen) atoms. The summed E-state index contributed by atoms with van der Waals surface area (Å²) in [4.78, 5) is 23.0. The van der Waals surface area contributed by atoms with Gasteiger partial charge in [-0.1, -0.05) is 12.1 Å². The number of carbonyl (C=O) groups is 2. The summed E-state index contributed by atoms with van der Waals surface area (Å²) in [5, 5.41) is 10.8. The Balaban J connectivity index is 2.60. The second-order valence-electron chi connectivity index (χ2n) is 3.91. The quantitative estimate of drug-likeness (QED) is 0.400. The van der Waals surface area contributed by atoms with Crippen molar-refractivity contribution in [3.8, 4) is 0 Å². The molecule has 0 aromatic heterocycles. The smallest absolute Gasteiger partial charge is 0.257 e. The highest BCUT2D eigenvalue weighted by Crippen LogP contribution is 2.04. The lowest BCUT2D eigenvalue weighted by Gasteiger charge is -2.09. The summed E-state index contributed by atoms with van der Waals surface area (Å²) in [6.07, 6.45) is 0. The molecule has 104 valence electrons. The second kappa shape index (κ2) is 7.59. The van der Waals surface area contributed by atoms with Crippen LogP contribution < -0.4 is 21.9 Å². The molecular formula is C12H18N4O3. The number of imide groups is 1. The maximum atomic E-state index is 11.7. The summed E-state index contributed by atoms with van der Waals surface area (Å²) in [6.45, 7) is 0.112. The summed E-state index contributed by atoms with van der Waals surface area (Å²) in [5.74, 6) is -1.24. The number of rotatable bonds is 6. The fourth-order valence-electron chi connectivity index (χ4n) is 1.32.